The summed E-state index contributed by atoms with van der Waals surface area (Å²) in [5.41, 5.74) is 35.2. The second-order valence-corrected chi connectivity index (χ2v) is 37.4. The molecule has 1 aromatic heterocycles. The molecule has 33 N–H and O–H groups in total. The van der Waals surface area contributed by atoms with E-state index in [9.17, 15) is 121 Å². The molecule has 0 spiro atoms. The lowest BCUT2D eigenvalue weighted by Crippen LogP contribution is -2.63. The molecule has 3 aromatic rings. The zero-order valence-electron chi connectivity index (χ0n) is 82.6. The molecule has 3 aliphatic heterocycles. The lowest BCUT2D eigenvalue weighted by molar-refractivity contribution is -0.145. The maximum absolute atomic E-state index is 15.2. The number of phenols is 1. The third-order valence-corrected chi connectivity index (χ3v) is 25.8. The number of rotatable bonds is 59. The number of thiol groups is 2. The minimum absolute atomic E-state index is 0.0311. The first-order chi connectivity index (χ1) is 68.9. The highest BCUT2D eigenvalue weighted by Crippen LogP contribution is 2.27. The van der Waals surface area contributed by atoms with Gasteiger partial charge in [-0.15, -0.1) is 0 Å². The molecule has 4 heterocycles. The number of benzene rings is 2. The van der Waals surface area contributed by atoms with Crippen molar-refractivity contribution in [3.05, 3.63) is 65.9 Å². The SMILES string of the molecule is CC[C@H](C)[C@H](NC(=O)[C@H](CC(N)=O)NC(=O)[C@@H](N)CS)C(=O)N[C@H](C(=O)N[C@@H](CCCCN)C(=O)N[C@H](C(=O)N1CCC[C@H]1C(=O)N[C@H](C(=O)N[C@@H](C)C(=O)N[C@@H](Cc1c[nH]c2ccccc12)C(=O)N[C@@H](CCCCN)C(=O)N1CCC[C@H]1C(=O)N[C@@H](CC(N)=O)C(=O)N[C@@H](Cc1ccc(O)cc1)C(=O)N[C@@H](C)C(=O)N1CCC[C@H]1C(=O)N[C@@H](C)C(=O)N[C@@H](CC(N)=O)C(=O)N[C@@H](CS)C(=O)O)[C@@H](C)O)[C@@H](C)O)[C@@H](C)O. The molecule has 21 amide bonds. The zero-order chi connectivity index (χ0) is 109. The normalized spacial score (nSPS) is 18.5. The first-order valence-electron chi connectivity index (χ1n) is 48.2. The molecule has 0 bridgehead atoms. The number of fused-ring (bicyclic) bond motifs is 1. The highest BCUT2D eigenvalue weighted by molar-refractivity contribution is 7.80. The van der Waals surface area contributed by atoms with Crippen LogP contribution in [-0.2, 0) is 118 Å². The summed E-state index contributed by atoms with van der Waals surface area (Å²) in [7, 11) is 0. The third kappa shape index (κ3) is 36.1. The number of likely N-dealkylation sites (tertiary alicyclic amines) is 3. The first kappa shape index (κ1) is 121. The van der Waals surface area contributed by atoms with Crippen molar-refractivity contribution in [1.29, 1.82) is 0 Å². The molecule has 0 saturated carbocycles. The maximum atomic E-state index is 15.2. The highest BCUT2D eigenvalue weighted by Gasteiger charge is 2.47. The fourth-order valence-electron chi connectivity index (χ4n) is 16.6. The Morgan fingerprint density at radius 2 is 0.781 bits per heavy atom. The lowest BCUT2D eigenvalue weighted by atomic mass is 9.96. The Labute approximate surface area is 852 Å². The molecule has 52 nitrogen and oxygen atoms in total. The van der Waals surface area contributed by atoms with E-state index >= 15 is 9.59 Å². The van der Waals surface area contributed by atoms with Crippen molar-refractivity contribution in [2.45, 2.75) is 304 Å². The van der Waals surface area contributed by atoms with Crippen molar-refractivity contribution in [2.75, 3.05) is 44.2 Å². The summed E-state index contributed by atoms with van der Waals surface area (Å²) in [5.74, 6) is -24.2. The smallest absolute Gasteiger partial charge is 0.327 e. The molecule has 0 unspecified atom stereocenters. The standard InChI is InChI=1S/C92H141N25O27S2/c1-9-43(2)70(111-82(133)62(39-69(98)124)107-76(127)54(95)41-145)86(137)113-72(48(7)119)88(139)103-56(21-12-14-30-93)77(128)114-73(49(8)120)91(142)117-34-18-25-66(117)85(136)112-71(47(6)118)87(138)101-45(4)75(126)105-59(36-51-40-99-55-20-11-10-19-53(51)55)79(130)104-57(22-13-15-31-94)90(141)116-33-17-24-65(116)84(135)109-61(38-68(97)123)80(131)108-58(35-50-26-28-52(121)29-27-50)78(129)102-46(5)89(140)115-32-16-23-64(115)83(134)100-44(3)74(125)106-60(37-67(96)122)81(132)110-63(42-146)92(143)144/h10-11,19-20,26-29,40,43-49,54,56-66,70-73,99,118-121,145-146H,9,12-18,21-25,30-39,41-42,93-95H2,1-8H3,(H2,96,122)(H2,97,123)(H2,98,124)(H,100,134)(H,101,138)(H,102,129)(H,103,139)(H,104,130)(H,105,126)(H,106,125)(H,107,127)(H,108,131)(H,109,135)(H,110,132)(H,111,133)(H,112,136)(H,113,137)(H,114,128)(H,143,144)/t43-,44-,45-,46-,47+,48+,49+,54-,56-,57-,58-,59-,60-,61-,62-,63-,64-,65-,66-,70-,71-,72-,73-/m0/s1. The Kier molecular flexibility index (Phi) is 48.7. The number of aromatic amines is 1. The van der Waals surface area contributed by atoms with Crippen LogP contribution in [0.3, 0.4) is 0 Å². The van der Waals surface area contributed by atoms with Crippen molar-refractivity contribution in [3.63, 3.8) is 0 Å². The second kappa shape index (κ2) is 58.7. The average molecular weight is 2090 g/mol. The molecule has 3 fully saturated rings. The van der Waals surface area contributed by atoms with E-state index < -0.39 is 288 Å². The second-order valence-electron chi connectivity index (χ2n) is 36.6. The van der Waals surface area contributed by atoms with E-state index in [-0.39, 0.29) is 133 Å². The number of aliphatic hydroxyl groups is 3. The van der Waals surface area contributed by atoms with Crippen molar-refractivity contribution in [3.8, 4) is 5.75 Å². The van der Waals surface area contributed by atoms with E-state index in [0.29, 0.717) is 34.9 Å². The molecule has 3 saturated heterocycles. The number of nitrogens with zero attached hydrogens (tertiary/aromatic N) is 3. The van der Waals surface area contributed by atoms with Gasteiger partial charge in [-0.3, -0.25) is 101 Å². The van der Waals surface area contributed by atoms with Gasteiger partial charge in [0.05, 0.1) is 43.6 Å². The molecule has 6 rings (SSSR count). The lowest BCUT2D eigenvalue weighted by Gasteiger charge is -2.32. The minimum Gasteiger partial charge on any atom is -0.508 e. The topological polar surface area (TPSA) is 839 Å². The van der Waals surface area contributed by atoms with Gasteiger partial charge >= 0.3 is 5.97 Å². The average Bonchev–Trinajstić information content (AvgIpc) is 1.66. The van der Waals surface area contributed by atoms with Crippen LogP contribution in [0.5, 0.6) is 5.75 Å². The molecule has 23 atom stereocenters. The summed E-state index contributed by atoms with van der Waals surface area (Å²) < 4.78 is 0. The minimum atomic E-state index is -1.88. The summed E-state index contributed by atoms with van der Waals surface area (Å²) in [5, 5.41) is 90.3. The van der Waals surface area contributed by atoms with Crippen molar-refractivity contribution in [2.24, 2.45) is 40.3 Å². The number of nitrogens with one attached hydrogen (secondary N) is 16. The number of primary amides is 3. The van der Waals surface area contributed by atoms with Crippen LogP contribution in [-0.4, -0.2) is 353 Å². The number of aliphatic hydroxyl groups excluding tert-OH is 3. The van der Waals surface area contributed by atoms with Crippen LogP contribution in [0.15, 0.2) is 54.7 Å². The number of phenolic OH excluding ortho intramolecular Hbond substituents is 1. The fourth-order valence-corrected chi connectivity index (χ4v) is 17.0. The number of carbonyl (C=O) groups excluding carboxylic acids is 21. The van der Waals surface area contributed by atoms with Crippen LogP contribution in [0, 0.1) is 5.92 Å². The summed E-state index contributed by atoms with van der Waals surface area (Å²) in [6.07, 6.45) is -5.19. The van der Waals surface area contributed by atoms with E-state index in [1.54, 1.807) is 44.3 Å². The number of hydrogen-bond acceptors (Lipinski definition) is 31. The number of carboxylic acids is 1. The van der Waals surface area contributed by atoms with E-state index in [1.165, 1.54) is 45.0 Å². The molecular weight excluding hydrogens is 1950 g/mol. The van der Waals surface area contributed by atoms with Crippen LogP contribution in [0.4, 0.5) is 0 Å². The maximum Gasteiger partial charge on any atom is 0.327 e. The zero-order valence-corrected chi connectivity index (χ0v) is 84.4. The molecule has 0 aliphatic carbocycles. The largest absolute Gasteiger partial charge is 0.508 e. The van der Waals surface area contributed by atoms with E-state index in [0.717, 1.165) is 35.5 Å². The van der Waals surface area contributed by atoms with Crippen molar-refractivity contribution >= 4 is 166 Å². The van der Waals surface area contributed by atoms with Gasteiger partial charge < -0.3 is 159 Å². The molecule has 54 heteroatoms. The number of para-hydroxylation sites is 1. The van der Waals surface area contributed by atoms with Gasteiger partial charge in [-0.05, 0) is 167 Å². The number of carbonyl (C=O) groups is 22. The van der Waals surface area contributed by atoms with Gasteiger partial charge in [-0.2, -0.15) is 25.3 Å². The molecular formula is C92H141N25O27S2. The monoisotopic (exact) mass is 2090 g/mol. The van der Waals surface area contributed by atoms with E-state index in [1.807, 2.05) is 0 Å². The van der Waals surface area contributed by atoms with Crippen LogP contribution in [0.2, 0.25) is 0 Å². The van der Waals surface area contributed by atoms with Crippen LogP contribution in [0.1, 0.15) is 169 Å². The predicted molar refractivity (Wildman–Crippen MR) is 529 cm³/mol. The Morgan fingerprint density at radius 1 is 0.397 bits per heavy atom. The number of nitrogens with two attached hydrogens (primary N) is 6. The van der Waals surface area contributed by atoms with Crippen LogP contribution in [0.25, 0.3) is 10.9 Å². The van der Waals surface area contributed by atoms with Crippen molar-refractivity contribution < 1.29 is 131 Å². The Balaban J connectivity index is 1.16. The number of carboxylic acid groups (broad SMARTS) is 1. The predicted octanol–water partition coefficient (Wildman–Crippen LogP) is -9.69. The van der Waals surface area contributed by atoms with Crippen LogP contribution >= 0.6 is 25.3 Å². The van der Waals surface area contributed by atoms with Gasteiger partial charge in [0.15, 0.2) is 0 Å². The van der Waals surface area contributed by atoms with Gasteiger partial charge in [0, 0.05) is 61.1 Å². The number of H-pyrrole nitrogens is 1. The Bertz CT molecular complexity index is 5130. The van der Waals surface area contributed by atoms with Gasteiger partial charge in [0.1, 0.15) is 115 Å². The number of hydrogen-bond donors (Lipinski definition) is 29. The van der Waals surface area contributed by atoms with Gasteiger partial charge in [-0.1, -0.05) is 50.6 Å². The van der Waals surface area contributed by atoms with Crippen molar-refractivity contribution in [1.82, 2.24) is 99.4 Å². The Hall–Kier alpha value is -13.4. The summed E-state index contributed by atoms with van der Waals surface area (Å²) >= 11 is 7.87. The van der Waals surface area contributed by atoms with Gasteiger partial charge in [-0.25, -0.2) is 4.79 Å². The fraction of sp³-hybridized carbons (Fsp3) is 0.609. The number of aliphatic carboxylic acids is 1. The first-order valence-corrected chi connectivity index (χ1v) is 49.5. The number of unbranched alkanes of at least 4 members (excludes halogenated alkanes) is 2. The summed E-state index contributed by atoms with van der Waals surface area (Å²) in [4.78, 5) is 311. The molecule has 2 aromatic carbocycles. The number of amides is 21. The number of aromatic hydroxyl groups is 1. The van der Waals surface area contributed by atoms with Gasteiger partial charge in [0.2, 0.25) is 124 Å². The number of aromatic nitrogens is 1. The highest BCUT2D eigenvalue weighted by atomic mass is 32.1. The molecule has 808 valence electrons. The van der Waals surface area contributed by atoms with Gasteiger partial charge in [0.25, 0.3) is 0 Å². The third-order valence-electron chi connectivity index (χ3n) is 25.0. The quantitative estimate of drug-likeness (QED) is 0.0184. The molecule has 146 heavy (non-hydrogen) atoms. The van der Waals surface area contributed by atoms with E-state index in [4.69, 9.17) is 34.4 Å². The van der Waals surface area contributed by atoms with Crippen LogP contribution < -0.4 is 114 Å². The molecule has 0 radical (unpaired) electrons. The Morgan fingerprint density at radius 3 is 1.29 bits per heavy atom. The summed E-state index contributed by atoms with van der Waals surface area (Å²) in [6.45, 7) is 10.3. The van der Waals surface area contributed by atoms with E-state index in [2.05, 4.69) is 110 Å². The molecule has 3 aliphatic rings. The summed E-state index contributed by atoms with van der Waals surface area (Å²) in [6, 6.07) is -17.6.